The van der Waals surface area contributed by atoms with Crippen molar-refractivity contribution >= 4 is 11.4 Å². The van der Waals surface area contributed by atoms with Gasteiger partial charge in [-0.3, -0.25) is 0 Å². The van der Waals surface area contributed by atoms with Crippen molar-refractivity contribution in [3.63, 3.8) is 0 Å². The Balaban J connectivity index is 3.10. The van der Waals surface area contributed by atoms with Crippen LogP contribution < -0.4 is 11.2 Å². The van der Waals surface area contributed by atoms with Crippen molar-refractivity contribution < 1.29 is 8.78 Å². The molecule has 72 valence electrons. The molecule has 5 heteroatoms. The average Bonchev–Trinajstić information content (AvgIpc) is 2.05. The van der Waals surface area contributed by atoms with Crippen molar-refractivity contribution in [3.05, 3.63) is 23.8 Å². The summed E-state index contributed by atoms with van der Waals surface area (Å²) in [6.45, 7) is 0. The zero-order chi connectivity index (χ0) is 10.0. The van der Waals surface area contributed by atoms with E-state index in [1.54, 1.807) is 14.1 Å². The maximum Gasteiger partial charge on any atom is 0.185 e. The summed E-state index contributed by atoms with van der Waals surface area (Å²) in [4.78, 5) is 0. The lowest BCUT2D eigenvalue weighted by Gasteiger charge is -2.15. The van der Waals surface area contributed by atoms with Crippen LogP contribution in [0.15, 0.2) is 12.1 Å². The molecule has 0 unspecified atom stereocenters. The summed E-state index contributed by atoms with van der Waals surface area (Å²) >= 11 is 0. The van der Waals surface area contributed by atoms with E-state index in [-0.39, 0.29) is 11.4 Å². The molecule has 0 aromatic heterocycles. The van der Waals surface area contributed by atoms with Crippen molar-refractivity contribution in [3.8, 4) is 0 Å². The molecule has 0 heterocycles. The first-order chi connectivity index (χ1) is 6.02. The second-order valence-electron chi connectivity index (χ2n) is 2.83. The topological polar surface area (TPSA) is 41.3 Å². The van der Waals surface area contributed by atoms with Crippen molar-refractivity contribution in [2.45, 2.75) is 0 Å². The largest absolute Gasteiger partial charge is 0.397 e. The molecule has 1 aromatic carbocycles. The Labute approximate surface area is 75.1 Å². The molecule has 1 rings (SSSR count). The molecule has 0 spiro atoms. The van der Waals surface area contributed by atoms with Crippen LogP contribution in [0.4, 0.5) is 20.2 Å². The molecule has 0 fully saturated rings. The molecule has 0 radical (unpaired) electrons. The van der Waals surface area contributed by atoms with Crippen LogP contribution in [0.1, 0.15) is 0 Å². The first kappa shape index (κ1) is 9.73. The summed E-state index contributed by atoms with van der Waals surface area (Å²) in [5.74, 6) is -1.88. The van der Waals surface area contributed by atoms with E-state index in [2.05, 4.69) is 5.43 Å². The zero-order valence-corrected chi connectivity index (χ0v) is 7.44. The van der Waals surface area contributed by atoms with Crippen LogP contribution in [-0.4, -0.2) is 19.1 Å². The lowest BCUT2D eigenvalue weighted by atomic mass is 10.2. The van der Waals surface area contributed by atoms with Crippen molar-refractivity contribution in [1.29, 1.82) is 0 Å². The van der Waals surface area contributed by atoms with Gasteiger partial charge < -0.3 is 11.2 Å². The van der Waals surface area contributed by atoms with E-state index < -0.39 is 11.6 Å². The number of nitrogens with zero attached hydrogens (tertiary/aromatic N) is 1. The van der Waals surface area contributed by atoms with Crippen molar-refractivity contribution in [2.75, 3.05) is 25.3 Å². The Morgan fingerprint density at radius 1 is 1.31 bits per heavy atom. The van der Waals surface area contributed by atoms with Crippen LogP contribution in [0.5, 0.6) is 0 Å². The third kappa shape index (κ3) is 2.06. The molecule has 0 amide bonds. The number of hydrazine groups is 1. The molecule has 13 heavy (non-hydrogen) atoms. The molecule has 0 bridgehead atoms. The van der Waals surface area contributed by atoms with Gasteiger partial charge in [-0.2, -0.15) is 0 Å². The SMILES string of the molecule is CN(C)Nc1c(N)ccc(F)c1F. The number of hydrogen-bond donors (Lipinski definition) is 2. The molecule has 3 N–H and O–H groups in total. The number of rotatable bonds is 2. The maximum atomic E-state index is 13.1. The summed E-state index contributed by atoms with van der Waals surface area (Å²) in [5.41, 5.74) is 8.15. The highest BCUT2D eigenvalue weighted by Gasteiger charge is 2.11. The molecule has 0 aliphatic heterocycles. The van der Waals surface area contributed by atoms with Crippen LogP contribution >= 0.6 is 0 Å². The first-order valence-corrected chi connectivity index (χ1v) is 3.70. The number of benzene rings is 1. The van der Waals surface area contributed by atoms with Gasteiger partial charge in [-0.25, -0.2) is 13.8 Å². The van der Waals surface area contributed by atoms with Crippen molar-refractivity contribution in [2.24, 2.45) is 0 Å². The number of nitrogen functional groups attached to an aromatic ring is 1. The van der Waals surface area contributed by atoms with Crippen LogP contribution in [0.3, 0.4) is 0 Å². The second-order valence-corrected chi connectivity index (χ2v) is 2.83. The van der Waals surface area contributed by atoms with Gasteiger partial charge in [0, 0.05) is 14.1 Å². The van der Waals surface area contributed by atoms with Gasteiger partial charge in [0.2, 0.25) is 0 Å². The van der Waals surface area contributed by atoms with Gasteiger partial charge in [-0.1, -0.05) is 0 Å². The summed E-state index contributed by atoms with van der Waals surface area (Å²) in [6, 6.07) is 2.30. The number of nitrogens with one attached hydrogen (secondary N) is 1. The zero-order valence-electron chi connectivity index (χ0n) is 7.44. The molecule has 3 nitrogen and oxygen atoms in total. The highest BCUT2D eigenvalue weighted by atomic mass is 19.2. The lowest BCUT2D eigenvalue weighted by Crippen LogP contribution is -2.21. The molecule has 0 aliphatic rings. The third-order valence-corrected chi connectivity index (χ3v) is 1.46. The van der Waals surface area contributed by atoms with Gasteiger partial charge in [0.15, 0.2) is 11.6 Å². The van der Waals surface area contributed by atoms with Gasteiger partial charge in [0.1, 0.15) is 5.69 Å². The first-order valence-electron chi connectivity index (χ1n) is 3.70. The number of halogens is 2. The molecule has 1 aromatic rings. The van der Waals surface area contributed by atoms with Gasteiger partial charge in [-0.15, -0.1) is 0 Å². The molecule has 0 atom stereocenters. The van der Waals surface area contributed by atoms with E-state index >= 15 is 0 Å². The van der Waals surface area contributed by atoms with E-state index in [0.717, 1.165) is 6.07 Å². The van der Waals surface area contributed by atoms with Gasteiger partial charge in [0.05, 0.1) is 5.69 Å². The van der Waals surface area contributed by atoms with Gasteiger partial charge >= 0.3 is 0 Å². The Morgan fingerprint density at radius 2 is 1.92 bits per heavy atom. The van der Waals surface area contributed by atoms with E-state index in [9.17, 15) is 8.78 Å². The molecule has 0 saturated carbocycles. The average molecular weight is 187 g/mol. The maximum absolute atomic E-state index is 13.1. The normalized spacial score (nSPS) is 10.5. The molecule has 0 aliphatic carbocycles. The Bertz CT molecular complexity index is 313. The third-order valence-electron chi connectivity index (χ3n) is 1.46. The smallest absolute Gasteiger partial charge is 0.185 e. The molecular formula is C8H11F2N3. The fraction of sp³-hybridized carbons (Fsp3) is 0.250. The molecular weight excluding hydrogens is 176 g/mol. The highest BCUT2D eigenvalue weighted by Crippen LogP contribution is 2.24. The number of hydrogen-bond acceptors (Lipinski definition) is 3. The number of nitrogens with two attached hydrogens (primary N) is 1. The standard InChI is InChI=1S/C8H11F2N3/c1-13(2)12-8-6(11)4-3-5(9)7(8)10/h3-4,12H,11H2,1-2H3. The fourth-order valence-electron chi connectivity index (χ4n) is 0.903. The Kier molecular flexibility index (Phi) is 2.67. The molecule has 0 saturated heterocycles. The number of anilines is 2. The van der Waals surface area contributed by atoms with E-state index in [1.165, 1.54) is 11.1 Å². The van der Waals surface area contributed by atoms with Gasteiger partial charge in [0.25, 0.3) is 0 Å². The van der Waals surface area contributed by atoms with Crippen molar-refractivity contribution in [1.82, 2.24) is 5.01 Å². The monoisotopic (exact) mass is 187 g/mol. The summed E-state index contributed by atoms with van der Waals surface area (Å²) in [5, 5.41) is 1.48. The minimum Gasteiger partial charge on any atom is -0.397 e. The quantitative estimate of drug-likeness (QED) is 0.543. The van der Waals surface area contributed by atoms with E-state index in [1.807, 2.05) is 0 Å². The van der Waals surface area contributed by atoms with Crippen LogP contribution in [0.25, 0.3) is 0 Å². The van der Waals surface area contributed by atoms with E-state index in [0.29, 0.717) is 0 Å². The van der Waals surface area contributed by atoms with Crippen LogP contribution in [-0.2, 0) is 0 Å². The predicted octanol–water partition coefficient (Wildman–Crippen LogP) is 1.44. The van der Waals surface area contributed by atoms with Crippen LogP contribution in [0, 0.1) is 11.6 Å². The van der Waals surface area contributed by atoms with E-state index in [4.69, 9.17) is 5.73 Å². The summed E-state index contributed by atoms with van der Waals surface area (Å²) in [7, 11) is 3.31. The van der Waals surface area contributed by atoms with Gasteiger partial charge in [-0.05, 0) is 12.1 Å². The highest BCUT2D eigenvalue weighted by molar-refractivity contribution is 5.66. The second kappa shape index (κ2) is 3.57. The summed E-state index contributed by atoms with van der Waals surface area (Å²) < 4.78 is 25.8. The Hall–Kier alpha value is -1.36. The summed E-state index contributed by atoms with van der Waals surface area (Å²) in [6.07, 6.45) is 0. The minimum absolute atomic E-state index is 0.0370. The van der Waals surface area contributed by atoms with Crippen LogP contribution in [0.2, 0.25) is 0 Å². The lowest BCUT2D eigenvalue weighted by molar-refractivity contribution is 0.472. The fourth-order valence-corrected chi connectivity index (χ4v) is 0.903. The Morgan fingerprint density at radius 3 is 2.46 bits per heavy atom. The minimum atomic E-state index is -0.964. The predicted molar refractivity (Wildman–Crippen MR) is 48.1 cm³/mol.